The van der Waals surface area contributed by atoms with Gasteiger partial charge in [0.25, 0.3) is 0 Å². The van der Waals surface area contributed by atoms with Gasteiger partial charge in [0.05, 0.1) is 0 Å². The average Bonchev–Trinajstić information content (AvgIpc) is 2.41. The van der Waals surface area contributed by atoms with Gasteiger partial charge >= 0.3 is 0 Å². The molecule has 1 heteroatoms. The van der Waals surface area contributed by atoms with Crippen molar-refractivity contribution in [3.05, 3.63) is 0 Å². The molecule has 0 aromatic rings. The van der Waals surface area contributed by atoms with E-state index >= 15 is 0 Å². The minimum absolute atomic E-state index is 0.366. The maximum Gasteiger partial charge on any atom is 0.0467 e. The van der Waals surface area contributed by atoms with E-state index in [1.807, 2.05) is 0 Å². The highest BCUT2D eigenvalue weighted by atomic mass is 16.3. The molecule has 12 heavy (non-hydrogen) atoms. The van der Waals surface area contributed by atoms with Gasteiger partial charge in [-0.05, 0) is 41.9 Å². The second-order valence-corrected chi connectivity index (χ2v) is 5.57. The SMILES string of the molecule is CC12CCC(C1)C(CO)C2(C)C. The first-order valence-corrected chi connectivity index (χ1v) is 5.12. The summed E-state index contributed by atoms with van der Waals surface area (Å²) in [5, 5.41) is 9.34. The van der Waals surface area contributed by atoms with E-state index in [9.17, 15) is 5.11 Å². The maximum absolute atomic E-state index is 9.34. The van der Waals surface area contributed by atoms with Crippen LogP contribution < -0.4 is 0 Å². The third-order valence-corrected chi connectivity index (χ3v) is 5.03. The van der Waals surface area contributed by atoms with Gasteiger partial charge in [-0.2, -0.15) is 0 Å². The van der Waals surface area contributed by atoms with E-state index in [4.69, 9.17) is 0 Å². The molecule has 1 nitrogen and oxygen atoms in total. The van der Waals surface area contributed by atoms with Crippen molar-refractivity contribution in [2.24, 2.45) is 22.7 Å². The highest BCUT2D eigenvalue weighted by molar-refractivity contribution is 5.08. The third kappa shape index (κ3) is 0.783. The summed E-state index contributed by atoms with van der Waals surface area (Å²) in [6.07, 6.45) is 4.08. The monoisotopic (exact) mass is 168 g/mol. The number of hydrogen-bond donors (Lipinski definition) is 1. The lowest BCUT2D eigenvalue weighted by Crippen LogP contribution is -2.38. The summed E-state index contributed by atoms with van der Waals surface area (Å²) in [6, 6.07) is 0. The molecule has 3 unspecified atom stereocenters. The van der Waals surface area contributed by atoms with Crippen molar-refractivity contribution in [2.45, 2.75) is 40.0 Å². The molecule has 70 valence electrons. The Labute approximate surface area is 75.2 Å². The second-order valence-electron chi connectivity index (χ2n) is 5.57. The molecule has 2 saturated carbocycles. The third-order valence-electron chi connectivity index (χ3n) is 5.03. The fraction of sp³-hybridized carbons (Fsp3) is 1.00. The van der Waals surface area contributed by atoms with Crippen LogP contribution >= 0.6 is 0 Å². The van der Waals surface area contributed by atoms with E-state index < -0.39 is 0 Å². The van der Waals surface area contributed by atoms with Gasteiger partial charge in [-0.3, -0.25) is 0 Å². The Hall–Kier alpha value is -0.0400. The van der Waals surface area contributed by atoms with Gasteiger partial charge in [0.1, 0.15) is 0 Å². The summed E-state index contributed by atoms with van der Waals surface area (Å²) < 4.78 is 0. The van der Waals surface area contributed by atoms with Gasteiger partial charge < -0.3 is 5.11 Å². The molecule has 3 atom stereocenters. The molecule has 2 aliphatic rings. The zero-order chi connectivity index (χ0) is 8.98. The first kappa shape index (κ1) is 8.55. The molecule has 2 fully saturated rings. The number of aliphatic hydroxyl groups is 1. The zero-order valence-electron chi connectivity index (χ0n) is 8.43. The van der Waals surface area contributed by atoms with Gasteiger partial charge in [-0.1, -0.05) is 20.8 Å². The minimum Gasteiger partial charge on any atom is -0.396 e. The van der Waals surface area contributed by atoms with Crippen molar-refractivity contribution in [3.63, 3.8) is 0 Å². The summed E-state index contributed by atoms with van der Waals surface area (Å²) in [6.45, 7) is 7.48. The van der Waals surface area contributed by atoms with E-state index in [1.165, 1.54) is 19.3 Å². The molecule has 0 heterocycles. The Kier molecular flexibility index (Phi) is 1.61. The normalized spacial score (nSPS) is 50.0. The highest BCUT2D eigenvalue weighted by Gasteiger charge is 2.59. The van der Waals surface area contributed by atoms with Crippen molar-refractivity contribution in [3.8, 4) is 0 Å². The molecule has 1 N–H and O–H groups in total. The van der Waals surface area contributed by atoms with Gasteiger partial charge in [-0.25, -0.2) is 0 Å². The second kappa shape index (κ2) is 2.25. The smallest absolute Gasteiger partial charge is 0.0467 e. The number of rotatable bonds is 1. The molecule has 2 bridgehead atoms. The van der Waals surface area contributed by atoms with Crippen molar-refractivity contribution in [1.82, 2.24) is 0 Å². The van der Waals surface area contributed by atoms with Crippen molar-refractivity contribution >= 4 is 0 Å². The molecule has 2 aliphatic carbocycles. The topological polar surface area (TPSA) is 20.2 Å². The predicted octanol–water partition coefficient (Wildman–Crippen LogP) is 2.44. The summed E-state index contributed by atoms with van der Waals surface area (Å²) in [5.41, 5.74) is 0.885. The summed E-state index contributed by atoms with van der Waals surface area (Å²) in [7, 11) is 0. The summed E-state index contributed by atoms with van der Waals surface area (Å²) in [4.78, 5) is 0. The number of hydrogen-bond acceptors (Lipinski definition) is 1. The van der Waals surface area contributed by atoms with E-state index in [1.54, 1.807) is 0 Å². The van der Waals surface area contributed by atoms with E-state index in [0.29, 0.717) is 23.4 Å². The molecular formula is C11H20O. The number of fused-ring (bicyclic) bond motifs is 2. The van der Waals surface area contributed by atoms with Crippen molar-refractivity contribution < 1.29 is 5.11 Å². The maximum atomic E-state index is 9.34. The van der Waals surface area contributed by atoms with Crippen molar-refractivity contribution in [2.75, 3.05) is 6.61 Å². The fourth-order valence-corrected chi connectivity index (χ4v) is 3.63. The van der Waals surface area contributed by atoms with E-state index in [-0.39, 0.29) is 0 Å². The molecule has 0 aromatic heterocycles. The highest BCUT2D eigenvalue weighted by Crippen LogP contribution is 2.66. The summed E-state index contributed by atoms with van der Waals surface area (Å²) in [5.74, 6) is 1.38. The first-order chi connectivity index (χ1) is 5.51. The van der Waals surface area contributed by atoms with Crippen LogP contribution in [0.4, 0.5) is 0 Å². The first-order valence-electron chi connectivity index (χ1n) is 5.12. The average molecular weight is 168 g/mol. The standard InChI is InChI=1S/C11H20O/c1-10(2)9(7-12)8-4-5-11(10,3)6-8/h8-9,12H,4-7H2,1-3H3. The zero-order valence-corrected chi connectivity index (χ0v) is 8.43. The Balaban J connectivity index is 2.32. The van der Waals surface area contributed by atoms with Crippen LogP contribution in [-0.2, 0) is 0 Å². The molecule has 0 spiro atoms. The van der Waals surface area contributed by atoms with Gasteiger partial charge in [-0.15, -0.1) is 0 Å². The van der Waals surface area contributed by atoms with Crippen LogP contribution in [0.1, 0.15) is 40.0 Å². The molecule has 0 amide bonds. The quantitative estimate of drug-likeness (QED) is 0.637. The van der Waals surface area contributed by atoms with E-state index in [0.717, 1.165) is 5.92 Å². The Bertz CT molecular complexity index is 197. The molecule has 0 radical (unpaired) electrons. The molecular weight excluding hydrogens is 148 g/mol. The predicted molar refractivity (Wildman–Crippen MR) is 49.8 cm³/mol. The summed E-state index contributed by atoms with van der Waals surface area (Å²) >= 11 is 0. The van der Waals surface area contributed by atoms with Crippen LogP contribution in [0.2, 0.25) is 0 Å². The van der Waals surface area contributed by atoms with Crippen LogP contribution in [-0.4, -0.2) is 11.7 Å². The lowest BCUT2D eigenvalue weighted by molar-refractivity contribution is 0.0166. The van der Waals surface area contributed by atoms with Crippen LogP contribution in [0.5, 0.6) is 0 Å². The van der Waals surface area contributed by atoms with Crippen LogP contribution in [0.3, 0.4) is 0 Å². The molecule has 0 saturated heterocycles. The Morgan fingerprint density at radius 1 is 1.33 bits per heavy atom. The van der Waals surface area contributed by atoms with Gasteiger partial charge in [0.2, 0.25) is 0 Å². The van der Waals surface area contributed by atoms with Crippen LogP contribution in [0, 0.1) is 22.7 Å². The minimum atomic E-state index is 0.366. The van der Waals surface area contributed by atoms with Gasteiger partial charge in [0, 0.05) is 6.61 Å². The lowest BCUT2D eigenvalue weighted by atomic mass is 9.61. The Morgan fingerprint density at radius 2 is 2.00 bits per heavy atom. The van der Waals surface area contributed by atoms with E-state index in [2.05, 4.69) is 20.8 Å². The fourth-order valence-electron chi connectivity index (χ4n) is 3.63. The Morgan fingerprint density at radius 3 is 2.33 bits per heavy atom. The number of aliphatic hydroxyl groups excluding tert-OH is 1. The molecule has 0 aromatic carbocycles. The van der Waals surface area contributed by atoms with Crippen LogP contribution in [0.25, 0.3) is 0 Å². The molecule has 0 aliphatic heterocycles. The lowest BCUT2D eigenvalue weighted by Gasteiger charge is -2.44. The van der Waals surface area contributed by atoms with Crippen LogP contribution in [0.15, 0.2) is 0 Å². The molecule has 2 rings (SSSR count). The van der Waals surface area contributed by atoms with Crippen molar-refractivity contribution in [1.29, 1.82) is 0 Å². The largest absolute Gasteiger partial charge is 0.396 e. The van der Waals surface area contributed by atoms with Gasteiger partial charge in [0.15, 0.2) is 0 Å².